The number of benzene rings is 3. The monoisotopic (exact) mass is 1300 g/mol. The summed E-state index contributed by atoms with van der Waals surface area (Å²) >= 11 is 4.73. The van der Waals surface area contributed by atoms with Gasteiger partial charge in [-0.15, -0.1) is 0 Å². The first-order valence-electron chi connectivity index (χ1n) is 32.8. The van der Waals surface area contributed by atoms with Gasteiger partial charge < -0.3 is 0 Å². The van der Waals surface area contributed by atoms with Crippen molar-refractivity contribution in [3.8, 4) is 22.3 Å². The van der Waals surface area contributed by atoms with E-state index in [1.165, 1.54) is 180 Å². The first kappa shape index (κ1) is 63.4. The third-order valence-corrected chi connectivity index (χ3v) is 20.3. The highest BCUT2D eigenvalue weighted by atomic mass is 127. The fraction of sp³-hybridized carbons (Fsp3) is 0.735. The molecule has 0 bridgehead atoms. The summed E-state index contributed by atoms with van der Waals surface area (Å²) in [6.45, 7) is 9.12. The fourth-order valence-electron chi connectivity index (χ4n) is 14.3. The first-order valence-corrected chi connectivity index (χ1v) is 34.9. The van der Waals surface area contributed by atoms with Gasteiger partial charge in [-0.05, 0) is 115 Å². The maximum absolute atomic E-state index is 19.7. The minimum atomic E-state index is -0.749. The summed E-state index contributed by atoms with van der Waals surface area (Å²) < 4.78 is 52.4. The van der Waals surface area contributed by atoms with Gasteiger partial charge in [0.2, 0.25) is 0 Å². The van der Waals surface area contributed by atoms with Gasteiger partial charge in [0, 0.05) is 51.4 Å². The molecule has 0 saturated heterocycles. The van der Waals surface area contributed by atoms with Gasteiger partial charge in [-0.3, -0.25) is 0 Å². The van der Waals surface area contributed by atoms with Gasteiger partial charge >= 0.3 is 0 Å². The molecule has 2 aliphatic rings. The van der Waals surface area contributed by atoms with E-state index < -0.39 is 10.8 Å². The lowest BCUT2D eigenvalue weighted by Crippen LogP contribution is -2.29. The van der Waals surface area contributed by atoms with Crippen LogP contribution in [0.1, 0.15) is 332 Å². The average molecular weight is 1300 g/mol. The second-order valence-corrected chi connectivity index (χ2v) is 26.8. The Kier molecular flexibility index (Phi) is 27.4. The van der Waals surface area contributed by atoms with E-state index in [-0.39, 0.29) is 11.6 Å². The molecule has 0 aliphatic heterocycles. The lowest BCUT2D eigenvalue weighted by Gasteiger charge is -2.35. The molecule has 5 aromatic rings. The van der Waals surface area contributed by atoms with Gasteiger partial charge in [0.1, 0.15) is 33.7 Å². The van der Waals surface area contributed by atoms with E-state index in [1.807, 2.05) is 0 Å². The summed E-state index contributed by atoms with van der Waals surface area (Å²) in [6.07, 6.45) is 51.9. The molecule has 78 heavy (non-hydrogen) atoms. The molecule has 2 aromatic heterocycles. The number of unbranched alkanes of at least 4 members (excludes halogenated alkanes) is 36. The molecule has 0 amide bonds. The van der Waals surface area contributed by atoms with Crippen molar-refractivity contribution in [3.05, 3.63) is 53.2 Å². The molecule has 0 radical (unpaired) electrons. The van der Waals surface area contributed by atoms with Gasteiger partial charge in [0.15, 0.2) is 0 Å². The number of fused-ring (bicyclic) bond motifs is 10. The molecule has 7 rings (SSSR count). The predicted molar refractivity (Wildman–Crippen MR) is 341 cm³/mol. The van der Waals surface area contributed by atoms with Crippen molar-refractivity contribution < 1.29 is 18.0 Å². The van der Waals surface area contributed by atoms with Gasteiger partial charge in [-0.2, -0.15) is 0 Å². The fourth-order valence-corrected chi connectivity index (χ4v) is 15.7. The van der Waals surface area contributed by atoms with Gasteiger partial charge in [0.25, 0.3) is 0 Å². The second kappa shape index (κ2) is 33.8. The summed E-state index contributed by atoms with van der Waals surface area (Å²) in [4.78, 5) is 0. The van der Waals surface area contributed by atoms with E-state index in [9.17, 15) is 0 Å². The van der Waals surface area contributed by atoms with Crippen LogP contribution in [0.2, 0.25) is 0 Å². The molecule has 2 heterocycles. The largest absolute Gasteiger partial charge is 0.243 e. The molecule has 3 aromatic carbocycles. The molecule has 0 spiro atoms. The van der Waals surface area contributed by atoms with E-state index in [0.717, 1.165) is 121 Å². The minimum Gasteiger partial charge on any atom is -0.243 e. The van der Waals surface area contributed by atoms with Gasteiger partial charge in [0.05, 0.1) is 0 Å². The molecular weight excluding hydrogens is 1200 g/mol. The third kappa shape index (κ3) is 15.7. The lowest BCUT2D eigenvalue weighted by molar-refractivity contribution is 0.315. The zero-order chi connectivity index (χ0) is 55.0. The van der Waals surface area contributed by atoms with Crippen LogP contribution < -0.4 is 0 Å². The maximum Gasteiger partial charge on any atom is 0.149 e. The topological polar surface area (TPSA) is 77.8 Å². The smallest absolute Gasteiger partial charge is 0.149 e. The molecule has 434 valence electrons. The van der Waals surface area contributed by atoms with Crippen molar-refractivity contribution in [2.75, 3.05) is 0 Å². The Balaban J connectivity index is 1.30. The highest BCUT2D eigenvalue weighted by Crippen LogP contribution is 2.65. The van der Waals surface area contributed by atoms with E-state index >= 15 is 8.78 Å². The average Bonchev–Trinajstić information content (AvgIpc) is 4.37. The summed E-state index contributed by atoms with van der Waals surface area (Å²) in [6, 6.07) is 4.44. The van der Waals surface area contributed by atoms with Crippen molar-refractivity contribution in [2.24, 2.45) is 0 Å². The van der Waals surface area contributed by atoms with Crippen LogP contribution in [-0.2, 0) is 10.8 Å². The summed E-state index contributed by atoms with van der Waals surface area (Å²) in [7, 11) is 0. The number of halogens is 4. The van der Waals surface area contributed by atoms with Crippen LogP contribution in [0.5, 0.6) is 0 Å². The van der Waals surface area contributed by atoms with Crippen LogP contribution in [0.15, 0.2) is 21.4 Å². The van der Waals surface area contributed by atoms with Crippen LogP contribution in [0, 0.1) is 18.8 Å². The normalized spacial score (nSPS) is 14.1. The minimum absolute atomic E-state index is 0.267. The predicted octanol–water partition coefficient (Wildman–Crippen LogP) is 24.0. The standard InChI is InChI=1S/C68H102F2I2N4O2/c1-5-9-13-17-21-25-29-33-37-41-45-67(46-42-38-34-30-26-22-18-14-10-6-2)51-49-53(71)63-65(75-77-73-63)55(51)57-59(67)61(69)58-56-52(50-54(72)64-66(56)76-78-74-64)68(60(58)62(57)70,47-43-39-35-31-27-23-19-15-11-7-3)48-44-40-36-32-28-24-20-16-12-8-4/h49-50H,5-48H2,1-4H3. The maximum atomic E-state index is 19.7. The van der Waals surface area contributed by atoms with E-state index in [2.05, 4.69) is 106 Å². The Hall–Kier alpha value is -2.22. The molecule has 0 atom stereocenters. The third-order valence-electron chi connectivity index (χ3n) is 18.7. The Morgan fingerprint density at radius 3 is 0.782 bits per heavy atom. The van der Waals surface area contributed by atoms with Gasteiger partial charge in [-0.1, -0.05) is 285 Å². The second-order valence-electron chi connectivity index (χ2n) is 24.5. The highest BCUT2D eigenvalue weighted by Gasteiger charge is 2.55. The number of nitrogens with zero attached hydrogens (tertiary/aromatic N) is 4. The number of hydrogen-bond acceptors (Lipinski definition) is 6. The van der Waals surface area contributed by atoms with Crippen LogP contribution >= 0.6 is 45.2 Å². The number of hydrogen-bond donors (Lipinski definition) is 0. The van der Waals surface area contributed by atoms with Crippen molar-refractivity contribution in [3.63, 3.8) is 0 Å². The Labute approximate surface area is 498 Å². The van der Waals surface area contributed by atoms with Crippen molar-refractivity contribution in [1.29, 1.82) is 0 Å². The molecule has 6 nitrogen and oxygen atoms in total. The van der Waals surface area contributed by atoms with Gasteiger partial charge in [-0.25, -0.2) is 18.0 Å². The van der Waals surface area contributed by atoms with Crippen LogP contribution in [0.25, 0.3) is 44.3 Å². The summed E-state index contributed by atoms with van der Waals surface area (Å²) in [5.41, 5.74) is 6.26. The van der Waals surface area contributed by atoms with Crippen molar-refractivity contribution >= 4 is 67.2 Å². The molecule has 0 N–H and O–H groups in total. The molecule has 10 heteroatoms. The first-order chi connectivity index (χ1) is 38.3. The molecule has 0 saturated carbocycles. The summed E-state index contributed by atoms with van der Waals surface area (Å²) in [5, 5.41) is 18.1. The molecule has 2 aliphatic carbocycles. The Morgan fingerprint density at radius 2 is 0.538 bits per heavy atom. The highest BCUT2D eigenvalue weighted by molar-refractivity contribution is 14.1. The van der Waals surface area contributed by atoms with Crippen LogP contribution in [0.3, 0.4) is 0 Å². The van der Waals surface area contributed by atoms with E-state index in [0.29, 0.717) is 55.4 Å². The van der Waals surface area contributed by atoms with E-state index in [4.69, 9.17) is 9.26 Å². The van der Waals surface area contributed by atoms with E-state index in [1.54, 1.807) is 0 Å². The number of rotatable bonds is 44. The molecular formula is C68H102F2I2N4O2. The lowest BCUT2D eigenvalue weighted by atomic mass is 9.68. The zero-order valence-electron chi connectivity index (χ0n) is 49.4. The SMILES string of the molecule is CCCCCCCCCCCCC1(CCCCCCCCCCCC)c2cc(I)c3nonc3c2-c2c(F)c3c(c(F)c21)-c1c(cc(I)c2nonc12)C3(CCCCCCCCCCCC)CCCCCCCCCCCC. The molecule has 0 unspecified atom stereocenters. The van der Waals surface area contributed by atoms with Crippen LogP contribution in [-0.4, -0.2) is 20.6 Å². The van der Waals surface area contributed by atoms with Crippen molar-refractivity contribution in [1.82, 2.24) is 20.6 Å². The van der Waals surface area contributed by atoms with Crippen molar-refractivity contribution in [2.45, 2.75) is 321 Å². The quantitative estimate of drug-likeness (QED) is 0.0286. The number of aromatic nitrogens is 4. The Morgan fingerprint density at radius 1 is 0.321 bits per heavy atom. The molecule has 0 fully saturated rings. The zero-order valence-corrected chi connectivity index (χ0v) is 53.7. The van der Waals surface area contributed by atoms with Crippen LogP contribution in [0.4, 0.5) is 8.78 Å². The summed E-state index contributed by atoms with van der Waals surface area (Å²) in [5.74, 6) is -0.535. The Bertz CT molecular complexity index is 2330.